The van der Waals surface area contributed by atoms with Crippen LogP contribution in [-0.4, -0.2) is 31.9 Å². The maximum atomic E-state index is 13.6. The van der Waals surface area contributed by atoms with Crippen LogP contribution in [0.2, 0.25) is 10.0 Å². The fraction of sp³-hybridized carbons (Fsp3) is 0.208. The van der Waals surface area contributed by atoms with Crippen molar-refractivity contribution in [3.05, 3.63) is 88.5 Å². The summed E-state index contributed by atoms with van der Waals surface area (Å²) in [6.45, 7) is 1.72. The molecule has 0 spiro atoms. The topological polar surface area (TPSA) is 79.1 Å². The number of thiazole rings is 1. The molecule has 1 aromatic heterocycles. The summed E-state index contributed by atoms with van der Waals surface area (Å²) < 4.78 is 17.7. The molecule has 0 saturated carbocycles. The minimum absolute atomic E-state index is 0.262. The van der Waals surface area contributed by atoms with Crippen molar-refractivity contribution >= 4 is 46.6 Å². The molecule has 0 fully saturated rings. The lowest BCUT2D eigenvalue weighted by molar-refractivity contribution is -0.136. The first-order valence-corrected chi connectivity index (χ1v) is 11.6. The second-order valence-electron chi connectivity index (χ2n) is 7.35. The van der Waals surface area contributed by atoms with E-state index in [1.165, 1.54) is 37.2 Å². The summed E-state index contributed by atoms with van der Waals surface area (Å²) in [7, 11) is 4.35. The first-order chi connectivity index (χ1) is 16.3. The Labute approximate surface area is 209 Å². The van der Waals surface area contributed by atoms with Crippen LogP contribution < -0.4 is 24.4 Å². The zero-order chi connectivity index (χ0) is 24.6. The summed E-state index contributed by atoms with van der Waals surface area (Å²) in [5.41, 5.74) is 1.69. The number of carbonyl (C=O) groups is 1. The van der Waals surface area contributed by atoms with E-state index in [-0.39, 0.29) is 11.1 Å². The molecule has 0 N–H and O–H groups in total. The summed E-state index contributed by atoms with van der Waals surface area (Å²) in [4.78, 5) is 31.4. The number of hydrogen-bond donors (Lipinski definition) is 0. The van der Waals surface area contributed by atoms with Crippen molar-refractivity contribution in [1.29, 1.82) is 0 Å². The number of benzene rings is 2. The second kappa shape index (κ2) is 9.66. The number of aromatic nitrogens is 1. The van der Waals surface area contributed by atoms with Gasteiger partial charge in [0, 0.05) is 10.0 Å². The van der Waals surface area contributed by atoms with Gasteiger partial charge in [-0.05, 0) is 48.4 Å². The van der Waals surface area contributed by atoms with E-state index in [0.29, 0.717) is 47.7 Å². The third kappa shape index (κ3) is 4.24. The molecule has 1 aliphatic heterocycles. The van der Waals surface area contributed by atoms with Crippen molar-refractivity contribution in [2.45, 2.75) is 13.0 Å². The molecule has 10 heteroatoms. The number of ether oxygens (including phenoxy) is 3. The van der Waals surface area contributed by atoms with Gasteiger partial charge in [0.15, 0.2) is 16.3 Å². The Morgan fingerprint density at radius 2 is 1.82 bits per heavy atom. The highest BCUT2D eigenvalue weighted by molar-refractivity contribution is 7.07. The highest BCUT2D eigenvalue weighted by atomic mass is 35.5. The van der Waals surface area contributed by atoms with Crippen LogP contribution in [0.1, 0.15) is 24.1 Å². The van der Waals surface area contributed by atoms with Gasteiger partial charge in [0.25, 0.3) is 5.56 Å². The predicted molar refractivity (Wildman–Crippen MR) is 132 cm³/mol. The summed E-state index contributed by atoms with van der Waals surface area (Å²) in [6, 6.07) is 9.51. The number of methoxy groups -OCH3 is 3. The van der Waals surface area contributed by atoms with E-state index in [9.17, 15) is 9.59 Å². The lowest BCUT2D eigenvalue weighted by Gasteiger charge is -2.25. The minimum atomic E-state index is -0.772. The van der Waals surface area contributed by atoms with Crippen molar-refractivity contribution in [1.82, 2.24) is 4.57 Å². The third-order valence-electron chi connectivity index (χ3n) is 5.40. The Hall–Kier alpha value is -3.07. The van der Waals surface area contributed by atoms with Gasteiger partial charge in [-0.15, -0.1) is 0 Å². The van der Waals surface area contributed by atoms with Gasteiger partial charge < -0.3 is 14.2 Å². The second-order valence-corrected chi connectivity index (χ2v) is 9.21. The van der Waals surface area contributed by atoms with Crippen LogP contribution >= 0.6 is 34.5 Å². The van der Waals surface area contributed by atoms with Gasteiger partial charge in [-0.2, -0.15) is 0 Å². The summed E-state index contributed by atoms with van der Waals surface area (Å²) >= 11 is 13.5. The molecule has 0 saturated heterocycles. The molecule has 0 radical (unpaired) electrons. The van der Waals surface area contributed by atoms with Gasteiger partial charge in [-0.3, -0.25) is 9.36 Å². The highest BCUT2D eigenvalue weighted by Crippen LogP contribution is 2.36. The van der Waals surface area contributed by atoms with Gasteiger partial charge in [0.2, 0.25) is 0 Å². The number of fused-ring (bicyclic) bond motifs is 1. The van der Waals surface area contributed by atoms with Crippen LogP contribution in [0, 0.1) is 0 Å². The Bertz CT molecular complexity index is 1510. The number of halogens is 2. The number of allylic oxidation sites excluding steroid dienone is 1. The molecule has 4 rings (SSSR count). The normalized spacial score (nSPS) is 15.6. The lowest BCUT2D eigenvalue weighted by Crippen LogP contribution is -2.39. The maximum absolute atomic E-state index is 13.6. The van der Waals surface area contributed by atoms with Crippen molar-refractivity contribution in [3.8, 4) is 11.5 Å². The molecule has 7 nitrogen and oxygen atoms in total. The largest absolute Gasteiger partial charge is 0.493 e. The molecule has 0 aliphatic carbocycles. The molecular weight excluding hydrogens is 499 g/mol. The summed E-state index contributed by atoms with van der Waals surface area (Å²) in [5, 5.41) is 0.914. The average Bonchev–Trinajstić information content (AvgIpc) is 3.13. The Morgan fingerprint density at radius 1 is 1.09 bits per heavy atom. The molecule has 1 aliphatic rings. The van der Waals surface area contributed by atoms with E-state index in [0.717, 1.165) is 0 Å². The van der Waals surface area contributed by atoms with Crippen molar-refractivity contribution in [2.24, 2.45) is 4.99 Å². The molecule has 0 unspecified atom stereocenters. The fourth-order valence-electron chi connectivity index (χ4n) is 3.79. The SMILES string of the molecule is COC(=O)C1=C(C)N=c2s/c(=C\c3ccc(Cl)cc3Cl)c(=O)n2[C@H]1c1ccc(OC)c(OC)c1. The number of rotatable bonds is 5. The van der Waals surface area contributed by atoms with Crippen molar-refractivity contribution < 1.29 is 19.0 Å². The van der Waals surface area contributed by atoms with E-state index in [1.807, 2.05) is 0 Å². The number of hydrogen-bond acceptors (Lipinski definition) is 7. The Balaban J connectivity index is 1.99. The molecule has 0 bridgehead atoms. The zero-order valence-corrected chi connectivity index (χ0v) is 21.0. The first-order valence-electron chi connectivity index (χ1n) is 10.1. The Morgan fingerprint density at radius 3 is 2.47 bits per heavy atom. The highest BCUT2D eigenvalue weighted by Gasteiger charge is 2.33. The smallest absolute Gasteiger partial charge is 0.338 e. The van der Waals surface area contributed by atoms with Crippen LogP contribution in [0.4, 0.5) is 0 Å². The Kier molecular flexibility index (Phi) is 6.84. The molecule has 176 valence electrons. The monoisotopic (exact) mass is 518 g/mol. The average molecular weight is 519 g/mol. The quantitative estimate of drug-likeness (QED) is 0.480. The standard InChI is InChI=1S/C24H20Cl2N2O5S/c1-12-20(23(30)33-4)21(14-6-8-17(31-2)18(9-14)32-3)28-22(29)19(34-24(28)27-12)10-13-5-7-15(25)11-16(13)26/h5-11,21H,1-4H3/b19-10-/t21-/m0/s1. The molecule has 2 aromatic carbocycles. The van der Waals surface area contributed by atoms with Crippen LogP contribution in [-0.2, 0) is 9.53 Å². The fourth-order valence-corrected chi connectivity index (χ4v) is 5.29. The summed E-state index contributed by atoms with van der Waals surface area (Å²) in [5.74, 6) is 0.418. The number of nitrogens with zero attached hydrogens (tertiary/aromatic N) is 2. The van der Waals surface area contributed by atoms with E-state index < -0.39 is 12.0 Å². The van der Waals surface area contributed by atoms with Crippen molar-refractivity contribution in [3.63, 3.8) is 0 Å². The number of esters is 1. The molecule has 34 heavy (non-hydrogen) atoms. The van der Waals surface area contributed by atoms with Crippen LogP contribution in [0.15, 0.2) is 57.5 Å². The number of carbonyl (C=O) groups excluding carboxylic acids is 1. The first kappa shape index (κ1) is 24.1. The van der Waals surface area contributed by atoms with Gasteiger partial charge in [-0.1, -0.05) is 46.7 Å². The minimum Gasteiger partial charge on any atom is -0.493 e. The molecular formula is C24H20Cl2N2O5S. The third-order valence-corrected chi connectivity index (χ3v) is 6.94. The van der Waals surface area contributed by atoms with E-state index >= 15 is 0 Å². The lowest BCUT2D eigenvalue weighted by atomic mass is 9.95. The van der Waals surface area contributed by atoms with Crippen molar-refractivity contribution in [2.75, 3.05) is 21.3 Å². The van der Waals surface area contributed by atoms with Crippen LogP contribution in [0.5, 0.6) is 11.5 Å². The van der Waals surface area contributed by atoms with Gasteiger partial charge in [0.1, 0.15) is 0 Å². The van der Waals surface area contributed by atoms with Crippen LogP contribution in [0.3, 0.4) is 0 Å². The predicted octanol–water partition coefficient (Wildman–Crippen LogP) is 3.73. The van der Waals surface area contributed by atoms with Gasteiger partial charge in [-0.25, -0.2) is 9.79 Å². The van der Waals surface area contributed by atoms with Gasteiger partial charge in [0.05, 0.1) is 43.2 Å². The maximum Gasteiger partial charge on any atom is 0.338 e. The summed E-state index contributed by atoms with van der Waals surface area (Å²) in [6.07, 6.45) is 1.69. The molecule has 0 amide bonds. The van der Waals surface area contributed by atoms with E-state index in [2.05, 4.69) is 4.99 Å². The van der Waals surface area contributed by atoms with E-state index in [4.69, 9.17) is 37.4 Å². The zero-order valence-electron chi connectivity index (χ0n) is 18.7. The molecule has 2 heterocycles. The van der Waals surface area contributed by atoms with Crippen LogP contribution in [0.25, 0.3) is 6.08 Å². The van der Waals surface area contributed by atoms with Gasteiger partial charge >= 0.3 is 5.97 Å². The molecule has 3 aromatic rings. The van der Waals surface area contributed by atoms with E-state index in [1.54, 1.807) is 49.4 Å². The molecule has 1 atom stereocenters.